The fourth-order valence-electron chi connectivity index (χ4n) is 2.04. The summed E-state index contributed by atoms with van der Waals surface area (Å²) in [6.07, 6.45) is 1.99. The van der Waals surface area contributed by atoms with Crippen molar-refractivity contribution < 1.29 is 9.18 Å². The summed E-state index contributed by atoms with van der Waals surface area (Å²) in [7, 11) is 0. The predicted octanol–water partition coefficient (Wildman–Crippen LogP) is 4.02. The fraction of sp³-hybridized carbons (Fsp3) is 0.533. The maximum Gasteiger partial charge on any atom is 0.228 e. The van der Waals surface area contributed by atoms with Gasteiger partial charge in [-0.3, -0.25) is 4.79 Å². The molecular formula is C15H19ClFNO. The van der Waals surface area contributed by atoms with Crippen LogP contribution in [0.5, 0.6) is 0 Å². The van der Waals surface area contributed by atoms with E-state index in [0.29, 0.717) is 10.6 Å². The lowest BCUT2D eigenvalue weighted by Gasteiger charge is -2.30. The van der Waals surface area contributed by atoms with Crippen molar-refractivity contribution in [3.8, 4) is 0 Å². The molecule has 4 heteroatoms. The van der Waals surface area contributed by atoms with Crippen molar-refractivity contribution in [1.82, 2.24) is 4.90 Å². The Morgan fingerprint density at radius 2 is 2.05 bits per heavy atom. The molecule has 0 atom stereocenters. The van der Waals surface area contributed by atoms with Crippen molar-refractivity contribution in [3.63, 3.8) is 0 Å². The molecule has 0 radical (unpaired) electrons. The minimum absolute atomic E-state index is 0.0503. The molecule has 1 amide bonds. The van der Waals surface area contributed by atoms with Crippen LogP contribution in [-0.4, -0.2) is 16.8 Å². The monoisotopic (exact) mass is 283 g/mol. The van der Waals surface area contributed by atoms with Gasteiger partial charge in [-0.25, -0.2) is 4.39 Å². The maximum atomic E-state index is 13.8. The van der Waals surface area contributed by atoms with Gasteiger partial charge in [0.15, 0.2) is 0 Å². The molecule has 19 heavy (non-hydrogen) atoms. The lowest BCUT2D eigenvalue weighted by atomic mass is 9.94. The second kappa shape index (κ2) is 5.12. The average molecular weight is 284 g/mol. The lowest BCUT2D eigenvalue weighted by molar-refractivity contribution is -0.140. The highest BCUT2D eigenvalue weighted by molar-refractivity contribution is 6.31. The van der Waals surface area contributed by atoms with E-state index in [1.54, 1.807) is 17.0 Å². The third kappa shape index (κ3) is 3.27. The van der Waals surface area contributed by atoms with Gasteiger partial charge < -0.3 is 4.90 Å². The summed E-state index contributed by atoms with van der Waals surface area (Å²) in [5.74, 6) is -0.297. The summed E-state index contributed by atoms with van der Waals surface area (Å²) >= 11 is 6.04. The molecule has 1 aromatic carbocycles. The van der Waals surface area contributed by atoms with E-state index in [4.69, 9.17) is 11.6 Å². The molecule has 0 N–H and O–H groups in total. The smallest absolute Gasteiger partial charge is 0.228 e. The third-order valence-electron chi connectivity index (χ3n) is 3.28. The van der Waals surface area contributed by atoms with Crippen molar-refractivity contribution in [1.29, 1.82) is 0 Å². The lowest BCUT2D eigenvalue weighted by Crippen LogP contribution is -2.40. The number of nitrogens with zero attached hydrogens (tertiary/aromatic N) is 1. The van der Waals surface area contributed by atoms with Crippen molar-refractivity contribution in [3.05, 3.63) is 34.6 Å². The van der Waals surface area contributed by atoms with Crippen LogP contribution in [0.2, 0.25) is 5.02 Å². The molecule has 1 aliphatic carbocycles. The molecule has 0 unspecified atom stereocenters. The van der Waals surface area contributed by atoms with Gasteiger partial charge in [0.1, 0.15) is 5.82 Å². The van der Waals surface area contributed by atoms with Gasteiger partial charge in [-0.05, 0) is 25.0 Å². The molecule has 1 saturated carbocycles. The first-order valence-corrected chi connectivity index (χ1v) is 6.92. The second-order valence-corrected chi connectivity index (χ2v) is 6.52. The Morgan fingerprint density at radius 3 is 2.53 bits per heavy atom. The average Bonchev–Trinajstić information content (AvgIpc) is 3.11. The largest absolute Gasteiger partial charge is 0.335 e. The zero-order valence-electron chi connectivity index (χ0n) is 11.5. The van der Waals surface area contributed by atoms with Crippen LogP contribution in [0.15, 0.2) is 18.2 Å². The van der Waals surface area contributed by atoms with Gasteiger partial charge in [0.25, 0.3) is 0 Å². The number of halogens is 2. The van der Waals surface area contributed by atoms with Gasteiger partial charge in [0.2, 0.25) is 5.91 Å². The summed E-state index contributed by atoms with van der Waals surface area (Å²) < 4.78 is 13.8. The molecule has 1 fully saturated rings. The number of rotatable bonds is 3. The molecule has 0 saturated heterocycles. The summed E-state index contributed by atoms with van der Waals surface area (Å²) in [6, 6.07) is 4.86. The number of carbonyl (C=O) groups is 1. The Balaban J connectivity index is 2.25. The van der Waals surface area contributed by atoms with Crippen LogP contribution in [0.3, 0.4) is 0 Å². The van der Waals surface area contributed by atoms with Crippen molar-refractivity contribution in [2.24, 2.45) is 5.41 Å². The Hall–Kier alpha value is -1.09. The minimum atomic E-state index is -0.458. The van der Waals surface area contributed by atoms with Crippen molar-refractivity contribution in [2.75, 3.05) is 0 Å². The number of benzene rings is 1. The van der Waals surface area contributed by atoms with Gasteiger partial charge in [-0.1, -0.05) is 38.4 Å². The molecule has 0 heterocycles. The Bertz CT molecular complexity index is 471. The topological polar surface area (TPSA) is 20.3 Å². The standard InChI is InChI=1S/C15H19ClFNO/c1-15(2,3)14(19)18(10-7-8-10)9-11-12(16)5-4-6-13(11)17/h4-6,10H,7-9H2,1-3H3. The highest BCUT2D eigenvalue weighted by atomic mass is 35.5. The molecule has 0 aromatic heterocycles. The summed E-state index contributed by atoms with van der Waals surface area (Å²) in [5.41, 5.74) is -0.0472. The minimum Gasteiger partial charge on any atom is -0.335 e. The summed E-state index contributed by atoms with van der Waals surface area (Å²) in [6.45, 7) is 5.90. The molecule has 0 spiro atoms. The molecule has 1 aromatic rings. The number of hydrogen-bond donors (Lipinski definition) is 0. The fourth-order valence-corrected chi connectivity index (χ4v) is 2.26. The van der Waals surface area contributed by atoms with Crippen LogP contribution in [0, 0.1) is 11.2 Å². The van der Waals surface area contributed by atoms with E-state index >= 15 is 0 Å². The zero-order valence-corrected chi connectivity index (χ0v) is 12.3. The van der Waals surface area contributed by atoms with E-state index in [2.05, 4.69) is 0 Å². The second-order valence-electron chi connectivity index (χ2n) is 6.11. The third-order valence-corrected chi connectivity index (χ3v) is 3.63. The molecule has 104 valence electrons. The number of carbonyl (C=O) groups excluding carboxylic acids is 1. The summed E-state index contributed by atoms with van der Waals surface area (Å²) in [5, 5.41) is 0.382. The quantitative estimate of drug-likeness (QED) is 0.820. The molecule has 0 aliphatic heterocycles. The predicted molar refractivity (Wildman–Crippen MR) is 74.4 cm³/mol. The zero-order chi connectivity index (χ0) is 14.2. The number of amides is 1. The van der Waals surface area contributed by atoms with Gasteiger partial charge in [0.05, 0.1) is 6.54 Å². The van der Waals surface area contributed by atoms with Gasteiger partial charge >= 0.3 is 0 Å². The van der Waals surface area contributed by atoms with Crippen molar-refractivity contribution >= 4 is 17.5 Å². The van der Waals surface area contributed by atoms with E-state index in [1.807, 2.05) is 20.8 Å². The molecule has 1 aliphatic rings. The van der Waals surface area contributed by atoms with Crippen molar-refractivity contribution in [2.45, 2.75) is 46.2 Å². The van der Waals surface area contributed by atoms with Gasteiger partial charge in [0, 0.05) is 22.0 Å². The first kappa shape index (κ1) is 14.3. The Morgan fingerprint density at radius 1 is 1.42 bits per heavy atom. The number of hydrogen-bond acceptors (Lipinski definition) is 1. The van der Waals surface area contributed by atoms with E-state index in [0.717, 1.165) is 12.8 Å². The maximum absolute atomic E-state index is 13.8. The SMILES string of the molecule is CC(C)(C)C(=O)N(Cc1c(F)cccc1Cl)C1CC1. The van der Waals surface area contributed by atoms with E-state index in [-0.39, 0.29) is 24.3 Å². The molecule has 2 nitrogen and oxygen atoms in total. The first-order chi connectivity index (χ1) is 8.80. The van der Waals surface area contributed by atoms with Gasteiger partial charge in [-0.2, -0.15) is 0 Å². The highest BCUT2D eigenvalue weighted by Gasteiger charge is 2.37. The van der Waals surface area contributed by atoms with Crippen LogP contribution in [0.4, 0.5) is 4.39 Å². The normalized spacial score (nSPS) is 15.4. The van der Waals surface area contributed by atoms with E-state index in [9.17, 15) is 9.18 Å². The van der Waals surface area contributed by atoms with Crippen LogP contribution >= 0.6 is 11.6 Å². The Kier molecular flexibility index (Phi) is 3.86. The summed E-state index contributed by atoms with van der Waals surface area (Å²) in [4.78, 5) is 14.2. The van der Waals surface area contributed by atoms with Crippen LogP contribution in [-0.2, 0) is 11.3 Å². The Labute approximate surface area is 118 Å². The highest BCUT2D eigenvalue weighted by Crippen LogP contribution is 2.33. The van der Waals surface area contributed by atoms with Crippen LogP contribution in [0.25, 0.3) is 0 Å². The van der Waals surface area contributed by atoms with Gasteiger partial charge in [-0.15, -0.1) is 0 Å². The van der Waals surface area contributed by atoms with Crippen LogP contribution in [0.1, 0.15) is 39.2 Å². The van der Waals surface area contributed by atoms with E-state index < -0.39 is 5.41 Å². The molecular weight excluding hydrogens is 265 g/mol. The first-order valence-electron chi connectivity index (χ1n) is 6.54. The van der Waals surface area contributed by atoms with E-state index in [1.165, 1.54) is 6.07 Å². The van der Waals surface area contributed by atoms with Crippen LogP contribution < -0.4 is 0 Å². The molecule has 2 rings (SSSR count). The molecule has 0 bridgehead atoms.